The van der Waals surface area contributed by atoms with Crippen LogP contribution in [0.25, 0.3) is 55.0 Å². The lowest BCUT2D eigenvalue weighted by molar-refractivity contribution is -0.123. The average molecular weight is 536 g/mol. The lowest BCUT2D eigenvalue weighted by atomic mass is 9.95. The zero-order chi connectivity index (χ0) is 27.3. The summed E-state index contributed by atoms with van der Waals surface area (Å²) < 4.78 is 0. The van der Waals surface area contributed by atoms with Gasteiger partial charge in [0.1, 0.15) is 5.69 Å². The summed E-state index contributed by atoms with van der Waals surface area (Å²) >= 11 is 1.44. The first kappa shape index (κ1) is 24.6. The second-order valence-corrected chi connectivity index (χ2v) is 11.5. The lowest BCUT2D eigenvalue weighted by Gasteiger charge is -2.17. The molecule has 6 aromatic heterocycles. The van der Waals surface area contributed by atoms with Crippen molar-refractivity contribution in [3.8, 4) is 33.2 Å². The van der Waals surface area contributed by atoms with Crippen molar-refractivity contribution in [3.63, 3.8) is 0 Å². The third-order valence-electron chi connectivity index (χ3n) is 6.41. The number of amides is 1. The Hall–Kier alpha value is -4.70. The van der Waals surface area contributed by atoms with E-state index in [0.717, 1.165) is 49.3 Å². The Bertz CT molecular complexity index is 1890. The second kappa shape index (κ2) is 9.25. The number of rotatable bonds is 5. The van der Waals surface area contributed by atoms with Crippen LogP contribution in [0.1, 0.15) is 37.4 Å². The average Bonchev–Trinajstić information content (AvgIpc) is 3.65. The summed E-state index contributed by atoms with van der Waals surface area (Å²) in [5.41, 5.74) is 5.68. The predicted octanol–water partition coefficient (Wildman–Crippen LogP) is 6.48. The number of ketones is 1. The molecule has 10 heteroatoms. The van der Waals surface area contributed by atoms with Gasteiger partial charge in [0.15, 0.2) is 5.78 Å². The van der Waals surface area contributed by atoms with Gasteiger partial charge in [-0.15, -0.1) is 11.3 Å². The van der Waals surface area contributed by atoms with E-state index in [-0.39, 0.29) is 11.7 Å². The zero-order valence-corrected chi connectivity index (χ0v) is 22.6. The predicted molar refractivity (Wildman–Crippen MR) is 154 cm³/mol. The smallest absolute Gasteiger partial charge is 0.229 e. The zero-order valence-electron chi connectivity index (χ0n) is 21.8. The normalized spacial score (nSPS) is 11.8. The van der Waals surface area contributed by atoms with Crippen molar-refractivity contribution in [3.05, 3.63) is 66.1 Å². The summed E-state index contributed by atoms with van der Waals surface area (Å²) in [6.07, 6.45) is 6.84. The molecule has 6 rings (SSSR count). The Kier molecular flexibility index (Phi) is 5.84. The van der Waals surface area contributed by atoms with Crippen LogP contribution in [0.2, 0.25) is 0 Å². The van der Waals surface area contributed by atoms with Gasteiger partial charge in [-0.2, -0.15) is 5.10 Å². The third kappa shape index (κ3) is 4.59. The molecule has 0 saturated heterocycles. The number of aromatic nitrogens is 6. The Labute approximate surface area is 227 Å². The highest BCUT2D eigenvalue weighted by Crippen LogP contribution is 2.36. The largest absolute Gasteiger partial charge is 0.353 e. The second-order valence-electron chi connectivity index (χ2n) is 10.4. The van der Waals surface area contributed by atoms with E-state index in [0.29, 0.717) is 16.3 Å². The molecule has 0 aliphatic heterocycles. The Morgan fingerprint density at radius 1 is 0.923 bits per heavy atom. The minimum absolute atomic E-state index is 0.0397. The molecule has 194 valence electrons. The lowest BCUT2D eigenvalue weighted by Crippen LogP contribution is -2.27. The molecule has 0 fully saturated rings. The van der Waals surface area contributed by atoms with Crippen molar-refractivity contribution in [1.82, 2.24) is 30.1 Å². The summed E-state index contributed by atoms with van der Waals surface area (Å²) in [5.74, 6) is -0.0485. The molecule has 0 bridgehead atoms. The Balaban J connectivity index is 1.39. The highest BCUT2D eigenvalue weighted by molar-refractivity contribution is 7.17. The number of fused-ring (bicyclic) bond motifs is 2. The number of nitrogens with zero attached hydrogens (tertiary/aromatic N) is 4. The van der Waals surface area contributed by atoms with Crippen molar-refractivity contribution in [2.45, 2.75) is 27.7 Å². The number of aromatic amines is 2. The number of carbonyl (C=O) groups excluding carboxylic acids is 2. The summed E-state index contributed by atoms with van der Waals surface area (Å²) in [5, 5.41) is 12.4. The maximum atomic E-state index is 12.5. The van der Waals surface area contributed by atoms with E-state index in [2.05, 4.69) is 35.5 Å². The fourth-order valence-electron chi connectivity index (χ4n) is 4.28. The molecule has 6 heterocycles. The standard InChI is InChI=1S/C29H25N7O2S/c1-15(37)24-5-6-25(39-24)27-18-11-22(34-20(18)7-8-31-27)26-19-10-21(32-14-23(19)35-36-26)16-9-17(13-30-12-16)33-28(38)29(2,3)4/h5-14,34H,1-4H3,(H,33,38)(H,35,36). The van der Waals surface area contributed by atoms with Gasteiger partial charge in [-0.3, -0.25) is 29.6 Å². The number of H-pyrrole nitrogens is 2. The highest BCUT2D eigenvalue weighted by Gasteiger charge is 2.22. The molecule has 0 aromatic carbocycles. The van der Waals surface area contributed by atoms with E-state index in [1.807, 2.05) is 57.2 Å². The molecule has 0 radical (unpaired) electrons. The molecule has 0 unspecified atom stereocenters. The molecular formula is C29H25N7O2S. The number of Topliss-reactive ketones (excluding diaryl/α,β-unsaturated/α-hetero) is 1. The molecule has 3 N–H and O–H groups in total. The summed E-state index contributed by atoms with van der Waals surface area (Å²) in [6.45, 7) is 7.16. The number of thiophene rings is 1. The minimum atomic E-state index is -0.521. The van der Waals surface area contributed by atoms with Crippen LogP contribution in [0.5, 0.6) is 0 Å². The SMILES string of the molecule is CC(=O)c1ccc(-c2nccc3[nH]c(-c4n[nH]c5cnc(-c6cncc(NC(=O)C(C)(C)C)c6)cc45)cc23)s1. The van der Waals surface area contributed by atoms with Crippen LogP contribution in [0.4, 0.5) is 5.69 Å². The third-order valence-corrected chi connectivity index (χ3v) is 7.60. The van der Waals surface area contributed by atoms with Crippen molar-refractivity contribution < 1.29 is 9.59 Å². The van der Waals surface area contributed by atoms with Gasteiger partial charge in [0.2, 0.25) is 5.91 Å². The van der Waals surface area contributed by atoms with E-state index < -0.39 is 5.41 Å². The molecular weight excluding hydrogens is 510 g/mol. The maximum absolute atomic E-state index is 12.5. The molecule has 6 aromatic rings. The van der Waals surface area contributed by atoms with Crippen LogP contribution in [-0.2, 0) is 4.79 Å². The number of nitrogens with one attached hydrogen (secondary N) is 3. The van der Waals surface area contributed by atoms with Gasteiger partial charge in [0.05, 0.1) is 50.4 Å². The van der Waals surface area contributed by atoms with Crippen molar-refractivity contribution in [2.75, 3.05) is 5.32 Å². The summed E-state index contributed by atoms with van der Waals surface area (Å²) in [4.78, 5) is 42.9. The van der Waals surface area contributed by atoms with Gasteiger partial charge >= 0.3 is 0 Å². The highest BCUT2D eigenvalue weighted by atomic mass is 32.1. The molecule has 0 aliphatic carbocycles. The molecule has 39 heavy (non-hydrogen) atoms. The number of hydrogen-bond donors (Lipinski definition) is 3. The first-order valence-electron chi connectivity index (χ1n) is 12.4. The van der Waals surface area contributed by atoms with Crippen LogP contribution in [0, 0.1) is 5.41 Å². The summed E-state index contributed by atoms with van der Waals surface area (Å²) in [6, 6.07) is 11.6. The van der Waals surface area contributed by atoms with Crippen LogP contribution < -0.4 is 5.32 Å². The van der Waals surface area contributed by atoms with E-state index in [9.17, 15) is 9.59 Å². The van der Waals surface area contributed by atoms with E-state index in [4.69, 9.17) is 0 Å². The maximum Gasteiger partial charge on any atom is 0.229 e. The number of hydrogen-bond acceptors (Lipinski definition) is 7. The van der Waals surface area contributed by atoms with E-state index in [1.54, 1.807) is 31.7 Å². The van der Waals surface area contributed by atoms with E-state index in [1.165, 1.54) is 11.3 Å². The van der Waals surface area contributed by atoms with Crippen LogP contribution in [0.15, 0.2) is 61.2 Å². The topological polar surface area (TPSA) is 129 Å². The van der Waals surface area contributed by atoms with Crippen LogP contribution in [0.3, 0.4) is 0 Å². The van der Waals surface area contributed by atoms with Gasteiger partial charge in [0, 0.05) is 39.7 Å². The fourth-order valence-corrected chi connectivity index (χ4v) is 5.19. The molecule has 1 amide bonds. The van der Waals surface area contributed by atoms with Gasteiger partial charge in [0.25, 0.3) is 0 Å². The monoisotopic (exact) mass is 535 g/mol. The quantitative estimate of drug-likeness (QED) is 0.217. The van der Waals surface area contributed by atoms with E-state index >= 15 is 0 Å². The van der Waals surface area contributed by atoms with Crippen molar-refractivity contribution in [2.24, 2.45) is 5.41 Å². The summed E-state index contributed by atoms with van der Waals surface area (Å²) in [7, 11) is 0. The molecule has 9 nitrogen and oxygen atoms in total. The van der Waals surface area contributed by atoms with Gasteiger partial charge in [-0.05, 0) is 43.3 Å². The first-order chi connectivity index (χ1) is 18.7. The fraction of sp³-hybridized carbons (Fsp3) is 0.172. The first-order valence-corrected chi connectivity index (χ1v) is 13.2. The number of carbonyl (C=O) groups is 2. The van der Waals surface area contributed by atoms with Gasteiger partial charge in [-0.25, -0.2) is 0 Å². The Morgan fingerprint density at radius 3 is 2.51 bits per heavy atom. The van der Waals surface area contributed by atoms with Gasteiger partial charge in [-0.1, -0.05) is 20.8 Å². The molecule has 0 spiro atoms. The number of anilines is 1. The van der Waals surface area contributed by atoms with Crippen molar-refractivity contribution in [1.29, 1.82) is 0 Å². The van der Waals surface area contributed by atoms with Crippen molar-refractivity contribution >= 4 is 50.5 Å². The van der Waals surface area contributed by atoms with Crippen LogP contribution in [-0.4, -0.2) is 41.8 Å². The molecule has 0 atom stereocenters. The Morgan fingerprint density at radius 2 is 1.74 bits per heavy atom. The minimum Gasteiger partial charge on any atom is -0.353 e. The molecule has 0 aliphatic rings. The van der Waals surface area contributed by atoms with Gasteiger partial charge < -0.3 is 10.3 Å². The van der Waals surface area contributed by atoms with Crippen LogP contribution >= 0.6 is 11.3 Å². The molecule has 0 saturated carbocycles. The number of pyridine rings is 3.